The molecule has 2 aromatic rings. The summed E-state index contributed by atoms with van der Waals surface area (Å²) in [4.78, 5) is 62.6. The lowest BCUT2D eigenvalue weighted by atomic mass is 10.2. The number of halogens is 2. The zero-order valence-electron chi connectivity index (χ0n) is 27.7. The quantitative estimate of drug-likeness (QED) is 0.317. The lowest BCUT2D eigenvalue weighted by molar-refractivity contribution is 0.0230. The van der Waals surface area contributed by atoms with E-state index in [1.807, 2.05) is 46.4 Å². The van der Waals surface area contributed by atoms with Crippen LogP contribution in [0.25, 0.3) is 0 Å². The smallest absolute Gasteiger partial charge is 0.410 e. The van der Waals surface area contributed by atoms with E-state index in [9.17, 15) is 19.2 Å². The number of anilines is 2. The maximum Gasteiger partial charge on any atom is 0.410 e. The van der Waals surface area contributed by atoms with Gasteiger partial charge in [-0.1, -0.05) is 0 Å². The van der Waals surface area contributed by atoms with Gasteiger partial charge in [0.15, 0.2) is 0 Å². The van der Waals surface area contributed by atoms with Gasteiger partial charge in [0.05, 0.1) is 27.2 Å². The molecule has 47 heavy (non-hydrogen) atoms. The molecule has 0 aromatic carbocycles. The lowest BCUT2D eigenvalue weighted by Gasteiger charge is -2.36. The second-order valence-electron chi connectivity index (χ2n) is 12.8. The molecule has 1 N–H and O–H groups in total. The van der Waals surface area contributed by atoms with E-state index >= 15 is 0 Å². The lowest BCUT2D eigenvalue weighted by Crippen LogP contribution is -2.50. The highest BCUT2D eigenvalue weighted by Gasteiger charge is 2.28. The van der Waals surface area contributed by atoms with Crippen LogP contribution in [0.2, 0.25) is 0 Å². The number of nitrogens with zero attached hydrogens (tertiary/aromatic N) is 6. The van der Waals surface area contributed by atoms with Gasteiger partial charge >= 0.3 is 24.1 Å². The van der Waals surface area contributed by atoms with E-state index in [2.05, 4.69) is 51.5 Å². The fraction of sp³-hybridized carbons (Fsp3) is 0.548. The summed E-state index contributed by atoms with van der Waals surface area (Å²) in [5.41, 5.74) is -0.484. The standard InChI is InChI=1S/C16H22BrN3O4.C15H20BrN3O4/c1-16(2,3)24-15(22)20-7-5-19(6-8-20)13-12(17)9-11(10-18-13)14(21)23-4;1-15(2,3)23-14(22)19-6-4-18(5-7-19)12-11(16)8-10(9-17-12)13(20)21/h9-10H,5-8H2,1-4H3;8-9H,4-7H2,1-3H3,(H,20,21). The Morgan fingerprint density at radius 2 is 1.04 bits per heavy atom. The zero-order valence-corrected chi connectivity index (χ0v) is 30.9. The van der Waals surface area contributed by atoms with Crippen LogP contribution in [0.1, 0.15) is 62.3 Å². The number of carboxylic acid groups (broad SMARTS) is 1. The van der Waals surface area contributed by atoms with E-state index in [0.29, 0.717) is 68.2 Å². The molecule has 0 bridgehead atoms. The largest absolute Gasteiger partial charge is 0.478 e. The number of methoxy groups -OCH3 is 1. The third-order valence-corrected chi connectivity index (χ3v) is 7.94. The Labute approximate surface area is 291 Å². The highest BCUT2D eigenvalue weighted by atomic mass is 79.9. The van der Waals surface area contributed by atoms with Crippen molar-refractivity contribution in [2.24, 2.45) is 0 Å². The first-order valence-electron chi connectivity index (χ1n) is 15.0. The van der Waals surface area contributed by atoms with E-state index in [1.54, 1.807) is 15.9 Å². The van der Waals surface area contributed by atoms with E-state index in [4.69, 9.17) is 14.6 Å². The van der Waals surface area contributed by atoms with Crippen molar-refractivity contribution >= 4 is 67.6 Å². The van der Waals surface area contributed by atoms with Crippen LogP contribution in [0.5, 0.6) is 0 Å². The van der Waals surface area contributed by atoms with Crippen LogP contribution in [0.3, 0.4) is 0 Å². The molecule has 2 saturated heterocycles. The number of amides is 2. The molecule has 258 valence electrons. The molecule has 4 rings (SSSR count). The van der Waals surface area contributed by atoms with Crippen molar-refractivity contribution in [3.05, 3.63) is 44.6 Å². The molecule has 0 aliphatic carbocycles. The third-order valence-electron chi connectivity index (χ3n) is 6.77. The number of aromatic nitrogens is 2. The van der Waals surface area contributed by atoms with Crippen LogP contribution in [-0.2, 0) is 14.2 Å². The van der Waals surface area contributed by atoms with Crippen LogP contribution >= 0.6 is 31.9 Å². The van der Waals surface area contributed by atoms with Gasteiger partial charge in [0.25, 0.3) is 0 Å². The monoisotopic (exact) mass is 784 g/mol. The number of rotatable bonds is 4. The summed E-state index contributed by atoms with van der Waals surface area (Å²) in [6.07, 6.45) is 2.22. The van der Waals surface area contributed by atoms with Gasteiger partial charge in [0.1, 0.15) is 22.8 Å². The number of ether oxygens (including phenoxy) is 3. The molecule has 14 nitrogen and oxygen atoms in total. The van der Waals surface area contributed by atoms with Gasteiger partial charge in [0.2, 0.25) is 0 Å². The molecule has 0 atom stereocenters. The van der Waals surface area contributed by atoms with Gasteiger partial charge < -0.3 is 38.9 Å². The average Bonchev–Trinajstić information content (AvgIpc) is 2.99. The molecular weight excluding hydrogens is 744 g/mol. The molecule has 16 heteroatoms. The first-order valence-corrected chi connectivity index (χ1v) is 16.6. The molecule has 0 spiro atoms. The Morgan fingerprint density at radius 1 is 0.681 bits per heavy atom. The van der Waals surface area contributed by atoms with Crippen LogP contribution in [0.15, 0.2) is 33.5 Å². The minimum Gasteiger partial charge on any atom is -0.478 e. The molecule has 0 radical (unpaired) electrons. The fourth-order valence-electron chi connectivity index (χ4n) is 4.53. The molecule has 2 aliphatic rings. The Balaban J connectivity index is 0.000000256. The SMILES string of the molecule is CC(C)(C)OC(=O)N1CCN(c2ncc(C(=O)O)cc2Br)CC1.COC(=O)c1cnc(N2CCN(C(=O)OC(C)(C)C)CC2)c(Br)c1. The van der Waals surface area contributed by atoms with Crippen molar-refractivity contribution < 1.29 is 38.5 Å². The van der Waals surface area contributed by atoms with Crippen LogP contribution < -0.4 is 9.80 Å². The maximum absolute atomic E-state index is 12.1. The zero-order chi connectivity index (χ0) is 35.1. The number of carbonyl (C=O) groups is 4. The highest BCUT2D eigenvalue weighted by molar-refractivity contribution is 9.11. The molecule has 2 fully saturated rings. The second-order valence-corrected chi connectivity index (χ2v) is 14.5. The van der Waals surface area contributed by atoms with Crippen LogP contribution in [0, 0.1) is 0 Å². The van der Waals surface area contributed by atoms with Gasteiger partial charge in [-0.3, -0.25) is 0 Å². The van der Waals surface area contributed by atoms with Crippen molar-refractivity contribution in [2.45, 2.75) is 52.7 Å². The number of carbonyl (C=O) groups excluding carboxylic acids is 3. The number of piperazine rings is 2. The van der Waals surface area contributed by atoms with E-state index in [-0.39, 0.29) is 17.7 Å². The number of esters is 1. The molecule has 2 amide bonds. The van der Waals surface area contributed by atoms with E-state index in [0.717, 1.165) is 10.3 Å². The van der Waals surface area contributed by atoms with E-state index < -0.39 is 23.1 Å². The second kappa shape index (κ2) is 16.0. The van der Waals surface area contributed by atoms with Crippen LogP contribution in [0.4, 0.5) is 21.2 Å². The van der Waals surface area contributed by atoms with Gasteiger partial charge in [-0.2, -0.15) is 0 Å². The Hall–Kier alpha value is -3.66. The summed E-state index contributed by atoms with van der Waals surface area (Å²) >= 11 is 6.81. The minimum absolute atomic E-state index is 0.132. The normalized spacial score (nSPS) is 15.3. The average molecular weight is 787 g/mol. The summed E-state index contributed by atoms with van der Waals surface area (Å²) in [7, 11) is 1.33. The Morgan fingerprint density at radius 3 is 1.36 bits per heavy atom. The third kappa shape index (κ3) is 11.2. The number of hydrogen-bond acceptors (Lipinski definition) is 11. The predicted octanol–water partition coefficient (Wildman–Crippen LogP) is 5.29. The molecular formula is C31H42Br2N6O8. The number of carboxylic acids is 1. The summed E-state index contributed by atoms with van der Waals surface area (Å²) in [6.45, 7) is 15.8. The van der Waals surface area contributed by atoms with Crippen molar-refractivity contribution in [1.29, 1.82) is 0 Å². The highest BCUT2D eigenvalue weighted by Crippen LogP contribution is 2.27. The summed E-state index contributed by atoms with van der Waals surface area (Å²) in [5.74, 6) is -0.0191. The predicted molar refractivity (Wildman–Crippen MR) is 182 cm³/mol. The molecule has 0 unspecified atom stereocenters. The first-order chi connectivity index (χ1) is 21.9. The van der Waals surface area contributed by atoms with E-state index in [1.165, 1.54) is 25.6 Å². The van der Waals surface area contributed by atoms with Gasteiger partial charge in [0, 0.05) is 64.8 Å². The van der Waals surface area contributed by atoms with Gasteiger partial charge in [-0.05, 0) is 85.5 Å². The topological polar surface area (TPSA) is 155 Å². The Bertz CT molecular complexity index is 1450. The summed E-state index contributed by atoms with van der Waals surface area (Å²) in [6, 6.07) is 3.22. The molecule has 4 heterocycles. The number of pyridine rings is 2. The van der Waals surface area contributed by atoms with Crippen molar-refractivity contribution in [1.82, 2.24) is 19.8 Å². The van der Waals surface area contributed by atoms with Gasteiger partial charge in [-0.15, -0.1) is 0 Å². The molecule has 2 aliphatic heterocycles. The van der Waals surface area contributed by atoms with Crippen molar-refractivity contribution in [2.75, 3.05) is 69.3 Å². The fourth-order valence-corrected chi connectivity index (χ4v) is 5.73. The number of hydrogen-bond donors (Lipinski definition) is 1. The van der Waals surface area contributed by atoms with Gasteiger partial charge in [-0.25, -0.2) is 29.1 Å². The summed E-state index contributed by atoms with van der Waals surface area (Å²) in [5, 5.41) is 8.97. The van der Waals surface area contributed by atoms with Crippen molar-refractivity contribution in [3.8, 4) is 0 Å². The minimum atomic E-state index is -1.01. The first kappa shape index (κ1) is 37.8. The molecule has 0 saturated carbocycles. The van der Waals surface area contributed by atoms with Crippen LogP contribution in [-0.4, -0.2) is 120 Å². The number of aromatic carboxylic acids is 1. The summed E-state index contributed by atoms with van der Waals surface area (Å²) < 4.78 is 16.8. The maximum atomic E-state index is 12.1. The Kier molecular flexibility index (Phi) is 12.8. The van der Waals surface area contributed by atoms with Crippen molar-refractivity contribution in [3.63, 3.8) is 0 Å². The molecule has 2 aromatic heterocycles.